The van der Waals surface area contributed by atoms with Crippen LogP contribution < -0.4 is 4.90 Å². The molecule has 8 aromatic rings. The molecule has 0 atom stereocenters. The van der Waals surface area contributed by atoms with Crippen LogP contribution in [0.3, 0.4) is 0 Å². The van der Waals surface area contributed by atoms with Gasteiger partial charge in [0.15, 0.2) is 5.82 Å². The van der Waals surface area contributed by atoms with Gasteiger partial charge in [-0.2, -0.15) is 0 Å². The largest absolute Gasteiger partial charge is 0.310 e. The summed E-state index contributed by atoms with van der Waals surface area (Å²) in [7, 11) is 0. The molecule has 0 N–H and O–H groups in total. The Morgan fingerprint density at radius 2 is 0.860 bits per heavy atom. The van der Waals surface area contributed by atoms with Crippen LogP contribution in [0.25, 0.3) is 44.9 Å². The predicted molar refractivity (Wildman–Crippen MR) is 204 cm³/mol. The fraction of sp³-hybridized carbons (Fsp3) is 0.0213. The molecule has 3 nitrogen and oxygen atoms in total. The van der Waals surface area contributed by atoms with Gasteiger partial charge in [0, 0.05) is 22.4 Å². The number of fused-ring (bicyclic) bond motifs is 9. The average molecular weight is 638 g/mol. The second-order valence-electron chi connectivity index (χ2n) is 12.9. The molecule has 1 aromatic heterocycles. The molecule has 1 aliphatic carbocycles. The number of aromatic nitrogens is 2. The van der Waals surface area contributed by atoms with Gasteiger partial charge in [0.1, 0.15) is 0 Å². The van der Waals surface area contributed by atoms with Crippen LogP contribution >= 0.6 is 0 Å². The highest BCUT2D eigenvalue weighted by molar-refractivity contribution is 5.99. The zero-order chi connectivity index (χ0) is 33.1. The van der Waals surface area contributed by atoms with Crippen molar-refractivity contribution in [3.63, 3.8) is 0 Å². The zero-order valence-corrected chi connectivity index (χ0v) is 27.2. The minimum absolute atomic E-state index is 0.671. The minimum Gasteiger partial charge on any atom is -0.310 e. The van der Waals surface area contributed by atoms with E-state index in [1.807, 2.05) is 6.07 Å². The van der Waals surface area contributed by atoms with Gasteiger partial charge in [0.25, 0.3) is 0 Å². The lowest BCUT2D eigenvalue weighted by molar-refractivity contribution is 0.723. The Morgan fingerprint density at radius 1 is 0.380 bits per heavy atom. The van der Waals surface area contributed by atoms with E-state index in [2.05, 4.69) is 187 Å². The molecule has 0 amide bonds. The summed E-state index contributed by atoms with van der Waals surface area (Å²) in [6, 6.07) is 67.0. The first-order valence-corrected chi connectivity index (χ1v) is 17.1. The van der Waals surface area contributed by atoms with Crippen molar-refractivity contribution in [1.82, 2.24) is 9.97 Å². The number of anilines is 3. The van der Waals surface area contributed by atoms with Crippen molar-refractivity contribution < 1.29 is 0 Å². The zero-order valence-electron chi connectivity index (χ0n) is 27.2. The fourth-order valence-corrected chi connectivity index (χ4v) is 8.17. The lowest BCUT2D eigenvalue weighted by Crippen LogP contribution is -2.37. The molecule has 0 unspecified atom stereocenters. The molecule has 1 aliphatic heterocycles. The summed E-state index contributed by atoms with van der Waals surface area (Å²) in [5, 5.41) is 0. The van der Waals surface area contributed by atoms with Crippen LogP contribution in [0.2, 0.25) is 0 Å². The van der Waals surface area contributed by atoms with Gasteiger partial charge in [-0.1, -0.05) is 164 Å². The van der Waals surface area contributed by atoms with Gasteiger partial charge >= 0.3 is 0 Å². The molecule has 50 heavy (non-hydrogen) atoms. The van der Waals surface area contributed by atoms with E-state index in [-0.39, 0.29) is 0 Å². The molecule has 10 rings (SSSR count). The van der Waals surface area contributed by atoms with Crippen molar-refractivity contribution in [3.8, 4) is 44.9 Å². The molecular weight excluding hydrogens is 607 g/mol. The second kappa shape index (κ2) is 11.3. The SMILES string of the molecule is c1ccc(-c2ccc(-c3nc(-c4ccccc4)nc4c3-c3ccccc3C43c4ccccc4N(c4ccccc4)c4ccccc43)cc2)cc1. The van der Waals surface area contributed by atoms with Crippen LogP contribution in [0.15, 0.2) is 188 Å². The fourth-order valence-electron chi connectivity index (χ4n) is 8.17. The first kappa shape index (κ1) is 28.4. The summed E-state index contributed by atoms with van der Waals surface area (Å²) in [4.78, 5) is 13.5. The van der Waals surface area contributed by atoms with Gasteiger partial charge in [-0.3, -0.25) is 0 Å². The maximum Gasteiger partial charge on any atom is 0.160 e. The topological polar surface area (TPSA) is 29.0 Å². The summed E-state index contributed by atoms with van der Waals surface area (Å²) in [5.74, 6) is 0.721. The number of hydrogen-bond acceptors (Lipinski definition) is 3. The number of rotatable bonds is 4. The highest BCUT2D eigenvalue weighted by Gasteiger charge is 2.54. The lowest BCUT2D eigenvalue weighted by atomic mass is 9.66. The van der Waals surface area contributed by atoms with E-state index in [1.54, 1.807) is 0 Å². The molecule has 2 heterocycles. The smallest absolute Gasteiger partial charge is 0.160 e. The third-order valence-electron chi connectivity index (χ3n) is 10.3. The molecule has 0 saturated heterocycles. The lowest BCUT2D eigenvalue weighted by Gasteiger charge is -2.44. The Bertz CT molecular complexity index is 2480. The number of hydrogen-bond donors (Lipinski definition) is 0. The third-order valence-corrected chi connectivity index (χ3v) is 10.3. The van der Waals surface area contributed by atoms with Crippen LogP contribution in [0, 0.1) is 0 Å². The standard InChI is InChI=1S/C47H31N3/c1-4-16-32(17-5-1)33-28-30-34(31-29-33)44-43-37-22-10-11-23-38(37)47(45(43)49-46(48-44)35-18-6-2-7-19-35)39-24-12-14-26-41(39)50(36-20-8-3-9-21-36)42-27-15-13-25-40(42)47/h1-31H. The van der Waals surface area contributed by atoms with Crippen molar-refractivity contribution in [2.45, 2.75) is 5.41 Å². The highest BCUT2D eigenvalue weighted by atomic mass is 15.2. The van der Waals surface area contributed by atoms with Gasteiger partial charge < -0.3 is 4.90 Å². The minimum atomic E-state index is -0.671. The van der Waals surface area contributed by atoms with Gasteiger partial charge in [-0.25, -0.2) is 9.97 Å². The maximum atomic E-state index is 5.63. The van der Waals surface area contributed by atoms with E-state index in [4.69, 9.17) is 9.97 Å². The van der Waals surface area contributed by atoms with Gasteiger partial charge in [-0.05, 0) is 57.6 Å². The Hall–Kier alpha value is -6.58. The summed E-state index contributed by atoms with van der Waals surface area (Å²) < 4.78 is 0. The summed E-state index contributed by atoms with van der Waals surface area (Å²) in [6.07, 6.45) is 0. The van der Waals surface area contributed by atoms with Crippen LogP contribution in [-0.2, 0) is 5.41 Å². The van der Waals surface area contributed by atoms with Crippen LogP contribution in [-0.4, -0.2) is 9.97 Å². The average Bonchev–Trinajstić information content (AvgIpc) is 3.49. The Kier molecular flexibility index (Phi) is 6.40. The number of nitrogens with zero attached hydrogens (tertiary/aromatic N) is 3. The molecule has 0 saturated carbocycles. The molecule has 234 valence electrons. The molecule has 3 heteroatoms. The van der Waals surface area contributed by atoms with Gasteiger partial charge in [0.2, 0.25) is 0 Å². The highest BCUT2D eigenvalue weighted by Crippen LogP contribution is 2.64. The van der Waals surface area contributed by atoms with E-state index in [0.717, 1.165) is 51.0 Å². The third kappa shape index (κ3) is 4.10. The Morgan fingerprint density at radius 3 is 1.50 bits per heavy atom. The quantitative estimate of drug-likeness (QED) is 0.192. The molecule has 0 bridgehead atoms. The predicted octanol–water partition coefficient (Wildman–Crippen LogP) is 11.6. The monoisotopic (exact) mass is 637 g/mol. The van der Waals surface area contributed by atoms with Crippen LogP contribution in [0.4, 0.5) is 17.1 Å². The van der Waals surface area contributed by atoms with E-state index in [0.29, 0.717) is 0 Å². The van der Waals surface area contributed by atoms with Crippen molar-refractivity contribution in [3.05, 3.63) is 210 Å². The summed E-state index contributed by atoms with van der Waals surface area (Å²) in [5.41, 5.74) is 15.0. The van der Waals surface area contributed by atoms with Crippen LogP contribution in [0.5, 0.6) is 0 Å². The number of para-hydroxylation sites is 3. The summed E-state index contributed by atoms with van der Waals surface area (Å²) in [6.45, 7) is 0. The molecule has 2 aliphatic rings. The first-order valence-electron chi connectivity index (χ1n) is 17.1. The molecule has 1 spiro atoms. The first-order chi connectivity index (χ1) is 24.8. The van der Waals surface area contributed by atoms with Gasteiger partial charge in [-0.15, -0.1) is 0 Å². The maximum absolute atomic E-state index is 5.63. The Balaban J connectivity index is 1.31. The molecule has 0 radical (unpaired) electrons. The van der Waals surface area contributed by atoms with E-state index < -0.39 is 5.41 Å². The normalized spacial score (nSPS) is 13.3. The van der Waals surface area contributed by atoms with Gasteiger partial charge in [0.05, 0.1) is 28.2 Å². The molecular formula is C47H31N3. The van der Waals surface area contributed by atoms with Crippen molar-refractivity contribution in [2.24, 2.45) is 0 Å². The second-order valence-corrected chi connectivity index (χ2v) is 12.9. The van der Waals surface area contributed by atoms with Crippen molar-refractivity contribution in [1.29, 1.82) is 0 Å². The van der Waals surface area contributed by atoms with E-state index in [1.165, 1.54) is 33.4 Å². The Labute approximate surface area is 291 Å². The van der Waals surface area contributed by atoms with Crippen LogP contribution in [0.1, 0.15) is 22.4 Å². The number of benzene rings is 7. The molecule has 0 fully saturated rings. The molecule has 7 aromatic carbocycles. The van der Waals surface area contributed by atoms with E-state index in [9.17, 15) is 0 Å². The van der Waals surface area contributed by atoms with E-state index >= 15 is 0 Å². The van der Waals surface area contributed by atoms with Crippen molar-refractivity contribution >= 4 is 17.1 Å². The summed E-state index contributed by atoms with van der Waals surface area (Å²) >= 11 is 0. The van der Waals surface area contributed by atoms with Crippen molar-refractivity contribution in [2.75, 3.05) is 4.90 Å².